The third-order valence-electron chi connectivity index (χ3n) is 4.62. The van der Waals surface area contributed by atoms with Crippen LogP contribution in [0, 0.1) is 5.92 Å². The molecule has 160 valence electrons. The number of nitrogens with zero attached hydrogens (tertiary/aromatic N) is 2. The highest BCUT2D eigenvalue weighted by Crippen LogP contribution is 2.19. The highest BCUT2D eigenvalue weighted by atomic mass is 16.4. The van der Waals surface area contributed by atoms with E-state index in [2.05, 4.69) is 9.97 Å². The Hall–Kier alpha value is -3.89. The molecular weight excluding hydrogens is 394 g/mol. The number of carboxylic acid groups (broad SMARTS) is 2. The molecule has 0 saturated carbocycles. The second-order valence-electron chi connectivity index (χ2n) is 6.72. The first-order chi connectivity index (χ1) is 14.1. The van der Waals surface area contributed by atoms with E-state index in [0.29, 0.717) is 18.5 Å². The maximum Gasteiger partial charge on any atom is 0.314 e. The summed E-state index contributed by atoms with van der Waals surface area (Å²) in [4.78, 5) is 54.4. The summed E-state index contributed by atoms with van der Waals surface area (Å²) < 4.78 is 0. The Morgan fingerprint density at radius 2 is 1.80 bits per heavy atom. The minimum Gasteiger partial charge on any atom is -0.481 e. The van der Waals surface area contributed by atoms with Crippen LogP contribution in [0.5, 0.6) is 0 Å². The predicted octanol–water partition coefficient (Wildman–Crippen LogP) is 0.362. The average Bonchev–Trinajstić information content (AvgIpc) is 2.66. The van der Waals surface area contributed by atoms with Gasteiger partial charge in [-0.3, -0.25) is 24.2 Å². The fraction of sp³-hybridized carbons (Fsp3) is 0.316. The minimum absolute atomic E-state index is 0.0575. The lowest BCUT2D eigenvalue weighted by Crippen LogP contribution is -2.26. The van der Waals surface area contributed by atoms with Gasteiger partial charge < -0.3 is 26.6 Å². The number of aromatic amines is 1. The number of aliphatic carboxylic acids is 2. The number of rotatable bonds is 10. The Labute approximate surface area is 171 Å². The van der Waals surface area contributed by atoms with E-state index in [-0.39, 0.29) is 23.8 Å². The molecule has 0 amide bonds. The zero-order valence-corrected chi connectivity index (χ0v) is 16.3. The van der Waals surface area contributed by atoms with E-state index in [9.17, 15) is 24.3 Å². The molecule has 0 bridgehead atoms. The summed E-state index contributed by atoms with van der Waals surface area (Å²) in [5.74, 6) is -4.59. The number of carbonyl (C=O) groups is 3. The van der Waals surface area contributed by atoms with Gasteiger partial charge in [0.1, 0.15) is 11.7 Å². The van der Waals surface area contributed by atoms with Gasteiger partial charge in [-0.1, -0.05) is 0 Å². The number of H-pyrrole nitrogens is 1. The molecule has 1 heterocycles. The Bertz CT molecular complexity index is 1000. The van der Waals surface area contributed by atoms with Gasteiger partial charge in [0.15, 0.2) is 5.78 Å². The molecule has 1 atom stereocenters. The van der Waals surface area contributed by atoms with Crippen LogP contribution in [0.25, 0.3) is 0 Å². The Kier molecular flexibility index (Phi) is 7.13. The normalized spacial score (nSPS) is 11.6. The van der Waals surface area contributed by atoms with Gasteiger partial charge in [-0.05, 0) is 37.1 Å². The topological polar surface area (TPSA) is 193 Å². The summed E-state index contributed by atoms with van der Waals surface area (Å²) in [5.41, 5.74) is 12.0. The zero-order chi connectivity index (χ0) is 22.4. The number of likely N-dealkylation sites (N-methyl/N-ethyl adjacent to an activating group) is 1. The van der Waals surface area contributed by atoms with E-state index in [1.165, 1.54) is 12.1 Å². The molecule has 1 aromatic carbocycles. The molecule has 0 aliphatic heterocycles. The van der Waals surface area contributed by atoms with Crippen molar-refractivity contribution in [3.63, 3.8) is 0 Å². The number of anilines is 3. The van der Waals surface area contributed by atoms with Gasteiger partial charge in [0, 0.05) is 31.3 Å². The fourth-order valence-corrected chi connectivity index (χ4v) is 2.90. The summed E-state index contributed by atoms with van der Waals surface area (Å²) in [6.45, 7) is 0.419. The second-order valence-corrected chi connectivity index (χ2v) is 6.72. The van der Waals surface area contributed by atoms with E-state index < -0.39 is 35.6 Å². The number of nitrogens with two attached hydrogens (primary N) is 2. The molecule has 0 saturated heterocycles. The molecule has 7 N–H and O–H groups in total. The lowest BCUT2D eigenvalue weighted by Gasteiger charge is -2.20. The van der Waals surface area contributed by atoms with E-state index in [4.69, 9.17) is 16.6 Å². The third kappa shape index (κ3) is 5.56. The molecule has 30 heavy (non-hydrogen) atoms. The fourth-order valence-electron chi connectivity index (χ4n) is 2.90. The predicted molar refractivity (Wildman–Crippen MR) is 109 cm³/mol. The van der Waals surface area contributed by atoms with Gasteiger partial charge in [-0.25, -0.2) is 0 Å². The highest BCUT2D eigenvalue weighted by Gasteiger charge is 2.27. The van der Waals surface area contributed by atoms with Gasteiger partial charge in [0.2, 0.25) is 5.95 Å². The van der Waals surface area contributed by atoms with Crippen LogP contribution in [0.15, 0.2) is 29.1 Å². The summed E-state index contributed by atoms with van der Waals surface area (Å²) in [6.07, 6.45) is -0.384. The van der Waals surface area contributed by atoms with Gasteiger partial charge in [-0.2, -0.15) is 4.98 Å². The number of carbonyl (C=O) groups excluding carboxylic acids is 1. The number of nitrogen functional groups attached to an aromatic ring is 2. The maximum atomic E-state index is 12.4. The van der Waals surface area contributed by atoms with Gasteiger partial charge in [0.25, 0.3) is 5.56 Å². The van der Waals surface area contributed by atoms with E-state index >= 15 is 0 Å². The Morgan fingerprint density at radius 3 is 2.33 bits per heavy atom. The molecular formula is C19H23N5O6. The molecule has 11 nitrogen and oxygen atoms in total. The van der Waals surface area contributed by atoms with Crippen molar-refractivity contribution in [1.82, 2.24) is 9.97 Å². The van der Waals surface area contributed by atoms with Crippen molar-refractivity contribution in [3.8, 4) is 0 Å². The molecule has 0 radical (unpaired) electrons. The number of nitrogens with one attached hydrogen (secondary N) is 1. The number of hydrogen-bond donors (Lipinski definition) is 5. The maximum absolute atomic E-state index is 12.4. The quantitative estimate of drug-likeness (QED) is 0.266. The van der Waals surface area contributed by atoms with Crippen LogP contribution < -0.4 is 21.9 Å². The molecule has 0 aliphatic rings. The highest BCUT2D eigenvalue weighted by molar-refractivity contribution is 6.08. The second kappa shape index (κ2) is 9.54. The van der Waals surface area contributed by atoms with Crippen LogP contribution in [0.2, 0.25) is 0 Å². The van der Waals surface area contributed by atoms with Crippen LogP contribution >= 0.6 is 0 Å². The van der Waals surface area contributed by atoms with Crippen molar-refractivity contribution in [2.75, 3.05) is 30.0 Å². The number of carboxylic acids is 2. The van der Waals surface area contributed by atoms with E-state index in [0.717, 1.165) is 5.69 Å². The van der Waals surface area contributed by atoms with Gasteiger partial charge >= 0.3 is 11.9 Å². The van der Waals surface area contributed by atoms with Crippen molar-refractivity contribution in [2.45, 2.75) is 19.3 Å². The Morgan fingerprint density at radius 1 is 1.17 bits per heavy atom. The molecule has 2 rings (SSSR count). The van der Waals surface area contributed by atoms with Crippen molar-refractivity contribution in [1.29, 1.82) is 0 Å². The zero-order valence-electron chi connectivity index (χ0n) is 16.3. The van der Waals surface area contributed by atoms with Crippen molar-refractivity contribution in [3.05, 3.63) is 45.7 Å². The largest absolute Gasteiger partial charge is 0.481 e. The first-order valence-corrected chi connectivity index (χ1v) is 9.04. The summed E-state index contributed by atoms with van der Waals surface area (Å²) >= 11 is 0. The SMILES string of the molecule is CN(CCc1c(N)nc(N)[nH]c1=O)c1ccc(C(=O)C(CCC(=O)O)C(=O)O)cc1. The molecule has 11 heteroatoms. The van der Waals surface area contributed by atoms with Crippen molar-refractivity contribution < 1.29 is 24.6 Å². The van der Waals surface area contributed by atoms with Crippen LogP contribution in [0.4, 0.5) is 17.5 Å². The standard InChI is InChI=1S/C19H23N5O6/c1-24(9-8-13-16(20)22-19(21)23-17(13)28)11-4-2-10(3-5-11)15(27)12(18(29)30)6-7-14(25)26/h2-5,12H,6-9H2,1H3,(H,25,26)(H,29,30)(H5,20,21,22,23,28). The van der Waals surface area contributed by atoms with Gasteiger partial charge in [0.05, 0.1) is 5.56 Å². The van der Waals surface area contributed by atoms with Crippen molar-refractivity contribution in [2.24, 2.45) is 5.92 Å². The number of Topliss-reactive ketones (excluding diaryl/α,β-unsaturated/α-hetero) is 1. The van der Waals surface area contributed by atoms with Gasteiger partial charge in [-0.15, -0.1) is 0 Å². The average molecular weight is 417 g/mol. The number of ketones is 1. The number of hydrogen-bond acceptors (Lipinski definition) is 8. The van der Waals surface area contributed by atoms with Crippen LogP contribution in [-0.2, 0) is 16.0 Å². The first-order valence-electron chi connectivity index (χ1n) is 9.04. The summed E-state index contributed by atoms with van der Waals surface area (Å²) in [7, 11) is 1.78. The smallest absolute Gasteiger partial charge is 0.314 e. The molecule has 1 unspecified atom stereocenters. The van der Waals surface area contributed by atoms with E-state index in [1.54, 1.807) is 19.2 Å². The molecule has 0 spiro atoms. The summed E-state index contributed by atoms with van der Waals surface area (Å²) in [5, 5.41) is 18.0. The molecule has 0 fully saturated rings. The molecule has 2 aromatic rings. The Balaban J connectivity index is 2.07. The van der Waals surface area contributed by atoms with Crippen LogP contribution in [0.3, 0.4) is 0 Å². The molecule has 1 aromatic heterocycles. The molecule has 0 aliphatic carbocycles. The third-order valence-corrected chi connectivity index (χ3v) is 4.62. The van der Waals surface area contributed by atoms with Crippen LogP contribution in [-0.4, -0.2) is 51.5 Å². The van der Waals surface area contributed by atoms with Crippen molar-refractivity contribution >= 4 is 35.2 Å². The number of aromatic nitrogens is 2. The minimum atomic E-state index is -1.42. The lowest BCUT2D eigenvalue weighted by atomic mass is 9.93. The number of benzene rings is 1. The first kappa shape index (κ1) is 22.4. The van der Waals surface area contributed by atoms with Crippen LogP contribution in [0.1, 0.15) is 28.8 Å². The van der Waals surface area contributed by atoms with E-state index in [1.807, 2.05) is 4.90 Å². The summed E-state index contributed by atoms with van der Waals surface area (Å²) in [6, 6.07) is 6.24. The lowest BCUT2D eigenvalue weighted by molar-refractivity contribution is -0.141. The monoisotopic (exact) mass is 417 g/mol.